The Balaban J connectivity index is 2.04. The highest BCUT2D eigenvalue weighted by Crippen LogP contribution is 2.31. The molecule has 0 radical (unpaired) electrons. The monoisotopic (exact) mass is 242 g/mol. The Morgan fingerprint density at radius 3 is 3.00 bits per heavy atom. The first-order valence-electron chi connectivity index (χ1n) is 5.69. The third kappa shape index (κ3) is 2.66. The van der Waals surface area contributed by atoms with Crippen molar-refractivity contribution in [3.63, 3.8) is 0 Å². The highest BCUT2D eigenvalue weighted by atomic mass is 19.2. The summed E-state index contributed by atoms with van der Waals surface area (Å²) < 4.78 is 31.6. The van der Waals surface area contributed by atoms with Crippen molar-refractivity contribution in [2.45, 2.75) is 18.9 Å². The number of ether oxygens (including phenoxy) is 1. The Kier molecular flexibility index (Phi) is 3.78. The molecule has 0 spiro atoms. The first-order chi connectivity index (χ1) is 8.22. The molecule has 0 amide bonds. The van der Waals surface area contributed by atoms with E-state index in [1.54, 1.807) is 13.2 Å². The van der Waals surface area contributed by atoms with Crippen LogP contribution in [-0.2, 0) is 4.74 Å². The average Bonchev–Trinajstić information content (AvgIpc) is 2.35. The largest absolute Gasteiger partial charge is 0.385 e. The van der Waals surface area contributed by atoms with Crippen LogP contribution in [0, 0.1) is 11.6 Å². The van der Waals surface area contributed by atoms with Crippen LogP contribution in [0.25, 0.3) is 0 Å². The predicted octanol–water partition coefficient (Wildman–Crippen LogP) is 2.60. The molecule has 0 saturated carbocycles. The van der Waals surface area contributed by atoms with Crippen molar-refractivity contribution in [2.75, 3.05) is 30.9 Å². The summed E-state index contributed by atoms with van der Waals surface area (Å²) in [5, 5.41) is 6.13. The van der Waals surface area contributed by atoms with Crippen molar-refractivity contribution >= 4 is 11.4 Å². The summed E-state index contributed by atoms with van der Waals surface area (Å²) in [7, 11) is 1.65. The van der Waals surface area contributed by atoms with Gasteiger partial charge in [-0.05, 0) is 25.0 Å². The number of rotatable bonds is 4. The quantitative estimate of drug-likeness (QED) is 0.796. The van der Waals surface area contributed by atoms with Gasteiger partial charge in [0.15, 0.2) is 11.6 Å². The topological polar surface area (TPSA) is 33.3 Å². The number of fused-ring (bicyclic) bond motifs is 1. The molecule has 1 aromatic rings. The first kappa shape index (κ1) is 12.1. The summed E-state index contributed by atoms with van der Waals surface area (Å²) in [6, 6.07) is 2.79. The standard InChI is InChI=1S/C12H16F2N2O/c1-17-6-2-3-8-7-15-10-5-4-9(13)11(14)12(10)16-8/h4-5,8,15-16H,2-3,6-7H2,1H3. The third-order valence-electron chi connectivity index (χ3n) is 2.88. The molecular weight excluding hydrogens is 226 g/mol. The van der Waals surface area contributed by atoms with Gasteiger partial charge >= 0.3 is 0 Å². The summed E-state index contributed by atoms with van der Waals surface area (Å²) in [5.41, 5.74) is 0.852. The number of hydrogen-bond acceptors (Lipinski definition) is 3. The Bertz CT molecular complexity index is 398. The molecule has 0 aromatic heterocycles. The molecule has 17 heavy (non-hydrogen) atoms. The van der Waals surface area contributed by atoms with Gasteiger partial charge in [0.05, 0.1) is 11.4 Å². The minimum atomic E-state index is -0.824. The molecule has 1 aliphatic heterocycles. The van der Waals surface area contributed by atoms with Crippen molar-refractivity contribution in [1.29, 1.82) is 0 Å². The average molecular weight is 242 g/mol. The van der Waals surface area contributed by atoms with E-state index in [2.05, 4.69) is 10.6 Å². The molecule has 0 fully saturated rings. The third-order valence-corrected chi connectivity index (χ3v) is 2.88. The van der Waals surface area contributed by atoms with Crippen LogP contribution in [0.4, 0.5) is 20.2 Å². The lowest BCUT2D eigenvalue weighted by atomic mass is 10.1. The van der Waals surface area contributed by atoms with Crippen LogP contribution in [0.2, 0.25) is 0 Å². The molecule has 0 saturated heterocycles. The summed E-state index contributed by atoms with van der Waals surface area (Å²) >= 11 is 0. The van der Waals surface area contributed by atoms with Crippen molar-refractivity contribution in [3.8, 4) is 0 Å². The number of anilines is 2. The van der Waals surface area contributed by atoms with Crippen molar-refractivity contribution < 1.29 is 13.5 Å². The molecular formula is C12H16F2N2O. The van der Waals surface area contributed by atoms with Crippen molar-refractivity contribution in [3.05, 3.63) is 23.8 Å². The fraction of sp³-hybridized carbons (Fsp3) is 0.500. The molecule has 1 unspecified atom stereocenters. The van der Waals surface area contributed by atoms with E-state index < -0.39 is 11.6 Å². The van der Waals surface area contributed by atoms with Gasteiger partial charge in [-0.2, -0.15) is 0 Å². The van der Waals surface area contributed by atoms with E-state index >= 15 is 0 Å². The second-order valence-corrected chi connectivity index (χ2v) is 4.14. The number of hydrogen-bond donors (Lipinski definition) is 2. The van der Waals surface area contributed by atoms with Gasteiger partial charge in [-0.1, -0.05) is 0 Å². The van der Waals surface area contributed by atoms with Crippen LogP contribution >= 0.6 is 0 Å². The lowest BCUT2D eigenvalue weighted by molar-refractivity contribution is 0.191. The molecule has 1 aliphatic rings. The molecule has 0 bridgehead atoms. The van der Waals surface area contributed by atoms with E-state index in [4.69, 9.17) is 4.74 Å². The highest BCUT2D eigenvalue weighted by molar-refractivity contribution is 5.72. The summed E-state index contributed by atoms with van der Waals surface area (Å²) in [6.45, 7) is 1.39. The zero-order chi connectivity index (χ0) is 12.3. The Morgan fingerprint density at radius 2 is 2.24 bits per heavy atom. The van der Waals surface area contributed by atoms with E-state index in [1.807, 2.05) is 0 Å². The molecule has 94 valence electrons. The Labute approximate surface area is 99.2 Å². The van der Waals surface area contributed by atoms with Gasteiger partial charge in [-0.25, -0.2) is 8.78 Å². The van der Waals surface area contributed by atoms with Gasteiger partial charge < -0.3 is 15.4 Å². The normalized spacial score (nSPS) is 18.2. The molecule has 2 rings (SSSR count). The maximum atomic E-state index is 13.5. The number of benzene rings is 1. The lowest BCUT2D eigenvalue weighted by Crippen LogP contribution is -2.33. The van der Waals surface area contributed by atoms with Crippen LogP contribution in [-0.4, -0.2) is 26.3 Å². The minimum absolute atomic E-state index is 0.106. The fourth-order valence-electron chi connectivity index (χ4n) is 1.98. The molecule has 5 heteroatoms. The van der Waals surface area contributed by atoms with Crippen molar-refractivity contribution in [2.24, 2.45) is 0 Å². The second kappa shape index (κ2) is 5.31. The molecule has 1 heterocycles. The Morgan fingerprint density at radius 1 is 1.41 bits per heavy atom. The lowest BCUT2D eigenvalue weighted by Gasteiger charge is -2.28. The summed E-state index contributed by atoms with van der Waals surface area (Å²) in [4.78, 5) is 0. The van der Waals surface area contributed by atoms with Crippen LogP contribution in [0.15, 0.2) is 12.1 Å². The number of methoxy groups -OCH3 is 1. The van der Waals surface area contributed by atoms with Gasteiger partial charge in [-0.3, -0.25) is 0 Å². The van der Waals surface area contributed by atoms with E-state index in [0.717, 1.165) is 18.9 Å². The van der Waals surface area contributed by atoms with Crippen LogP contribution in [0.1, 0.15) is 12.8 Å². The Hall–Kier alpha value is -1.36. The van der Waals surface area contributed by atoms with E-state index in [1.165, 1.54) is 0 Å². The van der Waals surface area contributed by atoms with Gasteiger partial charge in [-0.15, -0.1) is 0 Å². The molecule has 1 aromatic carbocycles. The zero-order valence-corrected chi connectivity index (χ0v) is 9.72. The van der Waals surface area contributed by atoms with E-state index in [0.29, 0.717) is 18.8 Å². The van der Waals surface area contributed by atoms with E-state index in [9.17, 15) is 8.78 Å². The molecule has 2 N–H and O–H groups in total. The first-order valence-corrected chi connectivity index (χ1v) is 5.69. The van der Waals surface area contributed by atoms with E-state index in [-0.39, 0.29) is 11.7 Å². The SMILES string of the molecule is COCCCC1CNc2ccc(F)c(F)c2N1. The zero-order valence-electron chi connectivity index (χ0n) is 9.72. The van der Waals surface area contributed by atoms with Gasteiger partial charge in [0.2, 0.25) is 0 Å². The number of halogens is 2. The maximum Gasteiger partial charge on any atom is 0.183 e. The number of nitrogens with one attached hydrogen (secondary N) is 2. The van der Waals surface area contributed by atoms with Gasteiger partial charge in [0.1, 0.15) is 0 Å². The highest BCUT2D eigenvalue weighted by Gasteiger charge is 2.21. The smallest absolute Gasteiger partial charge is 0.183 e. The second-order valence-electron chi connectivity index (χ2n) is 4.14. The van der Waals surface area contributed by atoms with Crippen LogP contribution in [0.3, 0.4) is 0 Å². The fourth-order valence-corrected chi connectivity index (χ4v) is 1.98. The van der Waals surface area contributed by atoms with Gasteiger partial charge in [0.25, 0.3) is 0 Å². The molecule has 3 nitrogen and oxygen atoms in total. The van der Waals surface area contributed by atoms with Gasteiger partial charge in [0, 0.05) is 26.3 Å². The molecule has 1 atom stereocenters. The van der Waals surface area contributed by atoms with Crippen LogP contribution < -0.4 is 10.6 Å². The predicted molar refractivity (Wildman–Crippen MR) is 63.4 cm³/mol. The minimum Gasteiger partial charge on any atom is -0.385 e. The van der Waals surface area contributed by atoms with Crippen molar-refractivity contribution in [1.82, 2.24) is 0 Å². The summed E-state index contributed by atoms with van der Waals surface area (Å²) in [6.07, 6.45) is 1.75. The molecule has 0 aliphatic carbocycles. The van der Waals surface area contributed by atoms with Crippen LogP contribution in [0.5, 0.6) is 0 Å². The maximum absolute atomic E-state index is 13.5. The summed E-state index contributed by atoms with van der Waals surface area (Å²) in [5.74, 6) is -1.64.